The molecule has 1 rings (SSSR count). The zero-order chi connectivity index (χ0) is 12.2. The third-order valence-electron chi connectivity index (χ3n) is 4.07. The second kappa shape index (κ2) is 6.02. The second-order valence-electron chi connectivity index (χ2n) is 6.13. The van der Waals surface area contributed by atoms with Crippen molar-refractivity contribution >= 4 is 0 Å². The van der Waals surface area contributed by atoms with Crippen molar-refractivity contribution in [2.45, 2.75) is 65.5 Å². The van der Waals surface area contributed by atoms with Crippen LogP contribution in [0.5, 0.6) is 0 Å². The van der Waals surface area contributed by atoms with Crippen LogP contribution in [-0.4, -0.2) is 36.1 Å². The molecule has 2 nitrogen and oxygen atoms in total. The van der Waals surface area contributed by atoms with Crippen LogP contribution in [0.3, 0.4) is 0 Å². The molecule has 2 atom stereocenters. The summed E-state index contributed by atoms with van der Waals surface area (Å²) < 4.78 is 0. The average Bonchev–Trinajstić information content (AvgIpc) is 2.26. The number of nitrogens with zero attached hydrogens (tertiary/aromatic N) is 1. The zero-order valence-corrected chi connectivity index (χ0v) is 11.8. The molecule has 0 aromatic carbocycles. The molecule has 0 aliphatic carbocycles. The van der Waals surface area contributed by atoms with E-state index < -0.39 is 0 Å². The average molecular weight is 226 g/mol. The van der Waals surface area contributed by atoms with Gasteiger partial charge >= 0.3 is 0 Å². The fraction of sp³-hybridized carbons (Fsp3) is 1.00. The van der Waals surface area contributed by atoms with Crippen LogP contribution in [0.1, 0.15) is 53.9 Å². The van der Waals surface area contributed by atoms with Crippen LogP contribution in [0, 0.1) is 5.92 Å². The second-order valence-corrected chi connectivity index (χ2v) is 6.13. The largest absolute Gasteiger partial charge is 0.309 e. The molecule has 96 valence electrons. The molecular weight excluding hydrogens is 196 g/mol. The van der Waals surface area contributed by atoms with Crippen molar-refractivity contribution in [1.29, 1.82) is 0 Å². The van der Waals surface area contributed by atoms with Crippen LogP contribution in [-0.2, 0) is 0 Å². The molecule has 0 aromatic rings. The van der Waals surface area contributed by atoms with Crippen molar-refractivity contribution in [3.63, 3.8) is 0 Å². The van der Waals surface area contributed by atoms with Crippen molar-refractivity contribution in [3.05, 3.63) is 0 Å². The van der Waals surface area contributed by atoms with Gasteiger partial charge in [-0.2, -0.15) is 0 Å². The Kier molecular flexibility index (Phi) is 5.26. The zero-order valence-electron chi connectivity index (χ0n) is 11.8. The minimum atomic E-state index is 0.338. The van der Waals surface area contributed by atoms with Crippen LogP contribution in [0.4, 0.5) is 0 Å². The molecule has 2 unspecified atom stereocenters. The van der Waals surface area contributed by atoms with Crippen LogP contribution >= 0.6 is 0 Å². The van der Waals surface area contributed by atoms with Crippen LogP contribution in [0.15, 0.2) is 0 Å². The number of rotatable bonds is 5. The molecule has 0 aromatic heterocycles. The van der Waals surface area contributed by atoms with Gasteiger partial charge in [0.05, 0.1) is 0 Å². The maximum Gasteiger partial charge on any atom is 0.0278 e. The highest BCUT2D eigenvalue weighted by Gasteiger charge is 2.30. The highest BCUT2D eigenvalue weighted by atomic mass is 15.2. The Labute approximate surface area is 102 Å². The van der Waals surface area contributed by atoms with Crippen LogP contribution < -0.4 is 5.32 Å². The fourth-order valence-corrected chi connectivity index (χ4v) is 2.45. The van der Waals surface area contributed by atoms with Crippen molar-refractivity contribution in [2.75, 3.05) is 19.6 Å². The lowest BCUT2D eigenvalue weighted by Crippen LogP contribution is -2.60. The molecule has 0 radical (unpaired) electrons. The third-order valence-corrected chi connectivity index (χ3v) is 4.07. The van der Waals surface area contributed by atoms with Gasteiger partial charge in [0.15, 0.2) is 0 Å². The van der Waals surface area contributed by atoms with E-state index in [0.29, 0.717) is 5.54 Å². The van der Waals surface area contributed by atoms with Gasteiger partial charge in [0.1, 0.15) is 0 Å². The van der Waals surface area contributed by atoms with Crippen LogP contribution in [0.2, 0.25) is 0 Å². The summed E-state index contributed by atoms with van der Waals surface area (Å²) in [5.74, 6) is 0.836. The fourth-order valence-electron chi connectivity index (χ4n) is 2.45. The molecule has 1 aliphatic heterocycles. The molecule has 2 heteroatoms. The highest BCUT2D eigenvalue weighted by Crippen LogP contribution is 2.19. The number of hydrogen-bond donors (Lipinski definition) is 1. The summed E-state index contributed by atoms with van der Waals surface area (Å²) >= 11 is 0. The predicted molar refractivity (Wildman–Crippen MR) is 71.8 cm³/mol. The van der Waals surface area contributed by atoms with E-state index >= 15 is 0 Å². The molecule has 1 saturated heterocycles. The molecule has 1 aliphatic rings. The van der Waals surface area contributed by atoms with Gasteiger partial charge in [-0.15, -0.1) is 0 Å². The van der Waals surface area contributed by atoms with E-state index in [1.54, 1.807) is 0 Å². The van der Waals surface area contributed by atoms with Gasteiger partial charge in [-0.3, -0.25) is 4.90 Å². The number of nitrogens with one attached hydrogen (secondary N) is 1. The van der Waals surface area contributed by atoms with Gasteiger partial charge in [0, 0.05) is 31.2 Å². The molecule has 1 N–H and O–H groups in total. The Hall–Kier alpha value is -0.0800. The predicted octanol–water partition coefficient (Wildman–Crippen LogP) is 2.89. The normalized spacial score (nSPS) is 29.6. The van der Waals surface area contributed by atoms with E-state index in [2.05, 4.69) is 44.8 Å². The Morgan fingerprint density at radius 1 is 1.25 bits per heavy atom. The van der Waals surface area contributed by atoms with Gasteiger partial charge in [-0.1, -0.05) is 20.8 Å². The molecule has 0 amide bonds. The monoisotopic (exact) mass is 226 g/mol. The van der Waals surface area contributed by atoms with Gasteiger partial charge in [-0.05, 0) is 39.0 Å². The van der Waals surface area contributed by atoms with Crippen LogP contribution in [0.25, 0.3) is 0 Å². The standard InChI is InChI=1S/C14H30N2/c1-6-14(5)11-16(10-9-15-14)13(4)8-7-12(2)3/h12-13,15H,6-11H2,1-5H3. The summed E-state index contributed by atoms with van der Waals surface area (Å²) in [6.45, 7) is 15.3. The first-order chi connectivity index (χ1) is 7.47. The van der Waals surface area contributed by atoms with Gasteiger partial charge in [0.25, 0.3) is 0 Å². The number of piperazine rings is 1. The summed E-state index contributed by atoms with van der Waals surface area (Å²) in [5, 5.41) is 3.65. The number of hydrogen-bond acceptors (Lipinski definition) is 2. The lowest BCUT2D eigenvalue weighted by molar-refractivity contribution is 0.0982. The first-order valence-corrected chi connectivity index (χ1v) is 6.96. The smallest absolute Gasteiger partial charge is 0.0278 e. The third kappa shape index (κ3) is 4.06. The summed E-state index contributed by atoms with van der Waals surface area (Å²) in [7, 11) is 0. The summed E-state index contributed by atoms with van der Waals surface area (Å²) in [4.78, 5) is 2.67. The molecule has 0 saturated carbocycles. The topological polar surface area (TPSA) is 15.3 Å². The summed E-state index contributed by atoms with van der Waals surface area (Å²) in [5.41, 5.74) is 0.338. The molecule has 1 fully saturated rings. The Morgan fingerprint density at radius 3 is 2.50 bits per heavy atom. The van der Waals surface area contributed by atoms with E-state index in [0.717, 1.165) is 18.5 Å². The van der Waals surface area contributed by atoms with Gasteiger partial charge in [-0.25, -0.2) is 0 Å². The van der Waals surface area contributed by atoms with E-state index in [9.17, 15) is 0 Å². The maximum atomic E-state index is 3.65. The Balaban J connectivity index is 2.40. The Morgan fingerprint density at radius 2 is 1.94 bits per heavy atom. The summed E-state index contributed by atoms with van der Waals surface area (Å²) in [6, 6.07) is 0.746. The molecular formula is C14H30N2. The Bertz CT molecular complexity index is 203. The highest BCUT2D eigenvalue weighted by molar-refractivity contribution is 4.91. The van der Waals surface area contributed by atoms with Gasteiger partial charge < -0.3 is 5.32 Å². The van der Waals surface area contributed by atoms with E-state index in [-0.39, 0.29) is 0 Å². The van der Waals surface area contributed by atoms with E-state index in [1.807, 2.05) is 0 Å². The SMILES string of the molecule is CCC1(C)CN(C(C)CCC(C)C)CCN1. The van der Waals surface area contributed by atoms with Crippen molar-refractivity contribution < 1.29 is 0 Å². The quantitative estimate of drug-likeness (QED) is 0.775. The first kappa shape index (κ1) is 14.0. The van der Waals surface area contributed by atoms with E-state index in [4.69, 9.17) is 0 Å². The minimum Gasteiger partial charge on any atom is -0.309 e. The first-order valence-electron chi connectivity index (χ1n) is 6.96. The van der Waals surface area contributed by atoms with Crippen molar-refractivity contribution in [3.8, 4) is 0 Å². The molecule has 16 heavy (non-hydrogen) atoms. The molecule has 1 heterocycles. The lowest BCUT2D eigenvalue weighted by Gasteiger charge is -2.44. The van der Waals surface area contributed by atoms with Crippen molar-refractivity contribution in [1.82, 2.24) is 10.2 Å². The van der Waals surface area contributed by atoms with Crippen molar-refractivity contribution in [2.24, 2.45) is 5.92 Å². The molecule has 0 spiro atoms. The van der Waals surface area contributed by atoms with Gasteiger partial charge in [0.2, 0.25) is 0 Å². The minimum absolute atomic E-state index is 0.338. The lowest BCUT2D eigenvalue weighted by atomic mass is 9.94. The maximum absolute atomic E-state index is 3.65. The summed E-state index contributed by atoms with van der Waals surface area (Å²) in [6.07, 6.45) is 3.92. The molecule has 0 bridgehead atoms. The van der Waals surface area contributed by atoms with E-state index in [1.165, 1.54) is 32.4 Å².